The van der Waals surface area contributed by atoms with Gasteiger partial charge in [-0.15, -0.1) is 0 Å². The molecule has 0 aliphatic heterocycles. The summed E-state index contributed by atoms with van der Waals surface area (Å²) in [5, 5.41) is 3.09. The Morgan fingerprint density at radius 1 is 1.37 bits per heavy atom. The Hall–Kier alpha value is -1.79. The van der Waals surface area contributed by atoms with Crippen LogP contribution in [0.25, 0.3) is 11.3 Å². The van der Waals surface area contributed by atoms with Crippen LogP contribution in [-0.4, -0.2) is 25.2 Å². The van der Waals surface area contributed by atoms with Crippen molar-refractivity contribution in [2.24, 2.45) is 0 Å². The summed E-state index contributed by atoms with van der Waals surface area (Å²) in [6.45, 7) is 1.64. The number of methoxy groups -OCH3 is 1. The number of oxazole rings is 1. The number of aromatic nitrogens is 1. The lowest BCUT2D eigenvalue weighted by Crippen LogP contribution is -2.19. The highest BCUT2D eigenvalue weighted by molar-refractivity contribution is 5.60. The highest BCUT2D eigenvalue weighted by Gasteiger charge is 2.15. The minimum atomic E-state index is -0.671. The van der Waals surface area contributed by atoms with Gasteiger partial charge in [0, 0.05) is 26.3 Å². The fraction of sp³-hybridized carbons (Fsp3) is 0.308. The van der Waals surface area contributed by atoms with Gasteiger partial charge in [0.15, 0.2) is 12.2 Å². The Balaban J connectivity index is 2.14. The molecule has 0 aliphatic carbocycles. The molecule has 6 heteroatoms. The Labute approximate surface area is 109 Å². The second-order valence-corrected chi connectivity index (χ2v) is 3.92. The van der Waals surface area contributed by atoms with Crippen LogP contribution in [0, 0.1) is 11.6 Å². The first-order valence-corrected chi connectivity index (χ1v) is 5.80. The van der Waals surface area contributed by atoms with E-state index >= 15 is 0 Å². The molecular formula is C13H14F2N2O2. The van der Waals surface area contributed by atoms with E-state index in [1.165, 1.54) is 18.5 Å². The molecule has 1 N–H and O–H groups in total. The van der Waals surface area contributed by atoms with Gasteiger partial charge in [-0.3, -0.25) is 0 Å². The predicted molar refractivity (Wildman–Crippen MR) is 65.4 cm³/mol. The first-order chi connectivity index (χ1) is 9.22. The van der Waals surface area contributed by atoms with Crippen LogP contribution in [0.1, 0.15) is 5.69 Å². The van der Waals surface area contributed by atoms with Crippen LogP contribution in [0.15, 0.2) is 29.0 Å². The minimum absolute atomic E-state index is 0.197. The maximum atomic E-state index is 13.7. The number of benzene rings is 1. The van der Waals surface area contributed by atoms with Gasteiger partial charge in [-0.2, -0.15) is 0 Å². The van der Waals surface area contributed by atoms with Gasteiger partial charge in [0.2, 0.25) is 0 Å². The molecule has 0 unspecified atom stereocenters. The van der Waals surface area contributed by atoms with Gasteiger partial charge in [-0.05, 0) is 12.1 Å². The number of nitrogens with one attached hydrogen (secondary N) is 1. The van der Waals surface area contributed by atoms with E-state index in [0.29, 0.717) is 31.2 Å². The molecule has 102 valence electrons. The van der Waals surface area contributed by atoms with Crippen LogP contribution in [0.3, 0.4) is 0 Å². The molecule has 1 heterocycles. The lowest BCUT2D eigenvalue weighted by atomic mass is 10.1. The molecule has 0 aliphatic rings. The van der Waals surface area contributed by atoms with Crippen LogP contribution in [0.4, 0.5) is 8.78 Å². The zero-order valence-electron chi connectivity index (χ0n) is 10.5. The third kappa shape index (κ3) is 3.36. The summed E-state index contributed by atoms with van der Waals surface area (Å²) in [4.78, 5) is 4.02. The third-order valence-corrected chi connectivity index (χ3v) is 2.59. The van der Waals surface area contributed by atoms with Crippen molar-refractivity contribution in [2.75, 3.05) is 20.3 Å². The van der Waals surface area contributed by atoms with Crippen molar-refractivity contribution in [2.45, 2.75) is 6.54 Å². The molecule has 0 spiro atoms. The Kier molecular flexibility index (Phi) is 4.59. The fourth-order valence-corrected chi connectivity index (χ4v) is 1.67. The predicted octanol–water partition coefficient (Wildman–Crippen LogP) is 2.36. The highest BCUT2D eigenvalue weighted by atomic mass is 19.1. The molecule has 0 saturated carbocycles. The van der Waals surface area contributed by atoms with Crippen LogP contribution in [0.5, 0.6) is 0 Å². The van der Waals surface area contributed by atoms with Crippen molar-refractivity contribution in [1.82, 2.24) is 10.3 Å². The maximum Gasteiger partial charge on any atom is 0.181 e. The Morgan fingerprint density at radius 3 is 2.95 bits per heavy atom. The van der Waals surface area contributed by atoms with Crippen molar-refractivity contribution in [3.05, 3.63) is 41.9 Å². The van der Waals surface area contributed by atoms with E-state index in [9.17, 15) is 8.78 Å². The molecule has 1 aromatic heterocycles. The smallest absolute Gasteiger partial charge is 0.181 e. The molecule has 4 nitrogen and oxygen atoms in total. The van der Waals surface area contributed by atoms with Crippen LogP contribution < -0.4 is 5.32 Å². The van der Waals surface area contributed by atoms with Gasteiger partial charge in [-0.25, -0.2) is 13.8 Å². The van der Waals surface area contributed by atoms with E-state index in [1.807, 2.05) is 0 Å². The van der Waals surface area contributed by atoms with Crippen LogP contribution in [-0.2, 0) is 11.3 Å². The molecule has 1 aromatic carbocycles. The first-order valence-electron chi connectivity index (χ1n) is 5.80. The number of halogens is 2. The summed E-state index contributed by atoms with van der Waals surface area (Å²) in [5.74, 6) is -0.988. The van der Waals surface area contributed by atoms with Gasteiger partial charge < -0.3 is 14.5 Å². The fourth-order valence-electron chi connectivity index (χ4n) is 1.67. The van der Waals surface area contributed by atoms with Gasteiger partial charge in [-0.1, -0.05) is 0 Å². The molecule has 2 rings (SSSR count). The summed E-state index contributed by atoms with van der Waals surface area (Å²) >= 11 is 0. The first kappa shape index (κ1) is 13.6. The van der Waals surface area contributed by atoms with E-state index in [2.05, 4.69) is 10.3 Å². The zero-order chi connectivity index (χ0) is 13.7. The molecular weight excluding hydrogens is 254 g/mol. The SMILES string of the molecule is COCCNCc1ncoc1-c1ccc(F)cc1F. The second kappa shape index (κ2) is 6.40. The van der Waals surface area contributed by atoms with Crippen molar-refractivity contribution in [3.63, 3.8) is 0 Å². The quantitative estimate of drug-likeness (QED) is 0.817. The van der Waals surface area contributed by atoms with Crippen LogP contribution in [0.2, 0.25) is 0 Å². The highest BCUT2D eigenvalue weighted by Crippen LogP contribution is 2.26. The van der Waals surface area contributed by atoms with E-state index in [1.54, 1.807) is 7.11 Å². The number of hydrogen-bond acceptors (Lipinski definition) is 4. The summed E-state index contributed by atoms with van der Waals surface area (Å²) in [5.41, 5.74) is 0.768. The number of rotatable bonds is 6. The largest absolute Gasteiger partial charge is 0.443 e. The molecule has 0 atom stereocenters. The van der Waals surface area contributed by atoms with E-state index in [0.717, 1.165) is 6.07 Å². The van der Waals surface area contributed by atoms with E-state index in [4.69, 9.17) is 9.15 Å². The molecule has 0 bridgehead atoms. The van der Waals surface area contributed by atoms with Gasteiger partial charge >= 0.3 is 0 Å². The Bertz CT molecular complexity index is 543. The normalized spacial score (nSPS) is 10.9. The van der Waals surface area contributed by atoms with Crippen molar-refractivity contribution < 1.29 is 17.9 Å². The lowest BCUT2D eigenvalue weighted by molar-refractivity contribution is 0.199. The Morgan fingerprint density at radius 2 is 2.21 bits per heavy atom. The molecule has 2 aromatic rings. The average molecular weight is 268 g/mol. The van der Waals surface area contributed by atoms with Gasteiger partial charge in [0.05, 0.1) is 12.2 Å². The summed E-state index contributed by atoms with van der Waals surface area (Å²) in [6.07, 6.45) is 1.24. The molecule has 0 fully saturated rings. The molecule has 0 amide bonds. The van der Waals surface area contributed by atoms with E-state index in [-0.39, 0.29) is 5.56 Å². The third-order valence-electron chi connectivity index (χ3n) is 2.59. The standard InChI is InChI=1S/C13H14F2N2O2/c1-18-5-4-16-7-12-13(19-8-17-12)10-3-2-9(14)6-11(10)15/h2-3,6,8,16H,4-5,7H2,1H3. The summed E-state index contributed by atoms with van der Waals surface area (Å²) in [7, 11) is 1.61. The number of nitrogens with zero attached hydrogens (tertiary/aromatic N) is 1. The number of hydrogen-bond donors (Lipinski definition) is 1. The second-order valence-electron chi connectivity index (χ2n) is 3.92. The average Bonchev–Trinajstić information content (AvgIpc) is 2.83. The van der Waals surface area contributed by atoms with E-state index < -0.39 is 11.6 Å². The van der Waals surface area contributed by atoms with Crippen molar-refractivity contribution in [1.29, 1.82) is 0 Å². The molecule has 0 saturated heterocycles. The van der Waals surface area contributed by atoms with Crippen molar-refractivity contribution >= 4 is 0 Å². The number of ether oxygens (including phenoxy) is 1. The van der Waals surface area contributed by atoms with Gasteiger partial charge in [0.25, 0.3) is 0 Å². The maximum absolute atomic E-state index is 13.7. The molecule has 0 radical (unpaired) electrons. The van der Waals surface area contributed by atoms with Gasteiger partial charge in [0.1, 0.15) is 17.3 Å². The topological polar surface area (TPSA) is 47.3 Å². The monoisotopic (exact) mass is 268 g/mol. The van der Waals surface area contributed by atoms with Crippen molar-refractivity contribution in [3.8, 4) is 11.3 Å². The molecule has 19 heavy (non-hydrogen) atoms. The van der Waals surface area contributed by atoms with Crippen LogP contribution >= 0.6 is 0 Å². The summed E-state index contributed by atoms with van der Waals surface area (Å²) in [6, 6.07) is 3.34. The minimum Gasteiger partial charge on any atom is -0.443 e. The summed E-state index contributed by atoms with van der Waals surface area (Å²) < 4.78 is 36.6. The lowest BCUT2D eigenvalue weighted by Gasteiger charge is -2.04. The zero-order valence-corrected chi connectivity index (χ0v) is 10.5.